The van der Waals surface area contributed by atoms with E-state index in [1.807, 2.05) is 12.1 Å². The van der Waals surface area contributed by atoms with Crippen molar-refractivity contribution in [2.24, 2.45) is 0 Å². The van der Waals surface area contributed by atoms with Gasteiger partial charge in [0.15, 0.2) is 0 Å². The maximum Gasteiger partial charge on any atom is 0.230 e. The van der Waals surface area contributed by atoms with Crippen molar-refractivity contribution in [3.05, 3.63) is 34.3 Å². The maximum absolute atomic E-state index is 11.4. The van der Waals surface area contributed by atoms with Crippen LogP contribution in [0.4, 0.5) is 0 Å². The van der Waals surface area contributed by atoms with E-state index in [-0.39, 0.29) is 5.91 Å². The summed E-state index contributed by atoms with van der Waals surface area (Å²) in [5.41, 5.74) is 1.22. The van der Waals surface area contributed by atoms with E-state index in [1.54, 1.807) is 18.9 Å². The number of carbonyl (C=O) groups is 1. The monoisotopic (exact) mass is 317 g/mol. The predicted octanol–water partition coefficient (Wildman–Crippen LogP) is 2.44. The van der Waals surface area contributed by atoms with Gasteiger partial charge < -0.3 is 10.1 Å². The minimum absolute atomic E-state index is 0.0575. The van der Waals surface area contributed by atoms with Gasteiger partial charge in [-0.3, -0.25) is 4.79 Å². The molecule has 0 radical (unpaired) electrons. The first kappa shape index (κ1) is 14.5. The van der Waals surface area contributed by atoms with Crippen molar-refractivity contribution in [3.63, 3.8) is 0 Å². The smallest absolute Gasteiger partial charge is 0.230 e. The standard InChI is InChI=1S/C12H16BrNO2S/c1-16-6-5-14-12(15)9-17-8-10-3-2-4-11(13)7-10/h2-4,7H,5-6,8-9H2,1H3,(H,14,15). The fraction of sp³-hybridized carbons (Fsp3) is 0.417. The normalized spacial score (nSPS) is 10.2. The molecule has 1 aromatic rings. The number of halogens is 1. The molecule has 0 aliphatic heterocycles. The quantitative estimate of drug-likeness (QED) is 0.785. The highest BCUT2D eigenvalue weighted by atomic mass is 79.9. The molecule has 0 atom stereocenters. The van der Waals surface area contributed by atoms with Crippen LogP contribution in [0.1, 0.15) is 5.56 Å². The molecule has 0 aromatic heterocycles. The second-order valence-electron chi connectivity index (χ2n) is 3.47. The van der Waals surface area contributed by atoms with Crippen LogP contribution in [0.25, 0.3) is 0 Å². The molecule has 5 heteroatoms. The Hall–Kier alpha value is -0.520. The third-order valence-electron chi connectivity index (χ3n) is 2.02. The van der Waals surface area contributed by atoms with Gasteiger partial charge in [0.1, 0.15) is 0 Å². The first-order valence-electron chi connectivity index (χ1n) is 5.30. The van der Waals surface area contributed by atoms with E-state index in [1.165, 1.54) is 5.56 Å². The Morgan fingerprint density at radius 2 is 2.35 bits per heavy atom. The Morgan fingerprint density at radius 3 is 3.06 bits per heavy atom. The maximum atomic E-state index is 11.4. The Balaban J connectivity index is 2.17. The highest BCUT2D eigenvalue weighted by Gasteiger charge is 2.01. The molecule has 0 aliphatic rings. The van der Waals surface area contributed by atoms with Crippen LogP contribution in [0.15, 0.2) is 28.7 Å². The third kappa shape index (κ3) is 6.71. The second kappa shape index (κ2) is 8.55. The summed E-state index contributed by atoms with van der Waals surface area (Å²) in [6, 6.07) is 8.11. The Labute approximate surface area is 114 Å². The molecular weight excluding hydrogens is 302 g/mol. The molecular formula is C12H16BrNO2S. The zero-order valence-corrected chi connectivity index (χ0v) is 12.1. The van der Waals surface area contributed by atoms with Crippen molar-refractivity contribution < 1.29 is 9.53 Å². The summed E-state index contributed by atoms with van der Waals surface area (Å²) in [5.74, 6) is 1.38. The van der Waals surface area contributed by atoms with Gasteiger partial charge in [0.2, 0.25) is 5.91 Å². The third-order valence-corrected chi connectivity index (χ3v) is 3.52. The summed E-state index contributed by atoms with van der Waals surface area (Å²) in [6.07, 6.45) is 0. The average molecular weight is 318 g/mol. The van der Waals surface area contributed by atoms with Crippen molar-refractivity contribution in [2.75, 3.05) is 26.0 Å². The topological polar surface area (TPSA) is 38.3 Å². The first-order chi connectivity index (χ1) is 8.22. The lowest BCUT2D eigenvalue weighted by atomic mass is 10.2. The Bertz CT molecular complexity index is 360. The summed E-state index contributed by atoms with van der Waals surface area (Å²) >= 11 is 5.03. The Morgan fingerprint density at radius 1 is 1.53 bits per heavy atom. The highest BCUT2D eigenvalue weighted by Crippen LogP contribution is 2.16. The zero-order chi connectivity index (χ0) is 12.5. The Kier molecular flexibility index (Phi) is 7.32. The van der Waals surface area contributed by atoms with Crippen LogP contribution in [0.3, 0.4) is 0 Å². The minimum Gasteiger partial charge on any atom is -0.383 e. The minimum atomic E-state index is 0.0575. The van der Waals surface area contributed by atoms with Gasteiger partial charge in [-0.15, -0.1) is 11.8 Å². The molecule has 0 saturated carbocycles. The molecule has 94 valence electrons. The van der Waals surface area contributed by atoms with Crippen LogP contribution in [0, 0.1) is 0 Å². The van der Waals surface area contributed by atoms with Crippen molar-refractivity contribution in [1.82, 2.24) is 5.32 Å². The number of hydrogen-bond donors (Lipinski definition) is 1. The van der Waals surface area contributed by atoms with Crippen LogP contribution in [0.5, 0.6) is 0 Å². The van der Waals surface area contributed by atoms with E-state index >= 15 is 0 Å². The summed E-state index contributed by atoms with van der Waals surface area (Å²) < 4.78 is 5.92. The fourth-order valence-electron chi connectivity index (χ4n) is 1.23. The lowest BCUT2D eigenvalue weighted by molar-refractivity contribution is -0.118. The van der Waals surface area contributed by atoms with Gasteiger partial charge in [0.25, 0.3) is 0 Å². The summed E-state index contributed by atoms with van der Waals surface area (Å²) in [7, 11) is 1.62. The van der Waals surface area contributed by atoms with Gasteiger partial charge >= 0.3 is 0 Å². The number of benzene rings is 1. The van der Waals surface area contributed by atoms with E-state index in [4.69, 9.17) is 4.74 Å². The van der Waals surface area contributed by atoms with E-state index < -0.39 is 0 Å². The largest absolute Gasteiger partial charge is 0.383 e. The van der Waals surface area contributed by atoms with Crippen LogP contribution < -0.4 is 5.32 Å². The number of ether oxygens (including phenoxy) is 1. The van der Waals surface area contributed by atoms with Gasteiger partial charge in [0.05, 0.1) is 12.4 Å². The predicted molar refractivity (Wildman–Crippen MR) is 75.2 cm³/mol. The summed E-state index contributed by atoms with van der Waals surface area (Å²) in [5, 5.41) is 2.79. The number of nitrogens with one attached hydrogen (secondary N) is 1. The van der Waals surface area contributed by atoms with Gasteiger partial charge in [-0.2, -0.15) is 0 Å². The van der Waals surface area contributed by atoms with Crippen molar-refractivity contribution in [1.29, 1.82) is 0 Å². The van der Waals surface area contributed by atoms with E-state index in [0.29, 0.717) is 18.9 Å². The summed E-state index contributed by atoms with van der Waals surface area (Å²) in [4.78, 5) is 11.4. The van der Waals surface area contributed by atoms with Gasteiger partial charge in [0, 0.05) is 23.9 Å². The average Bonchev–Trinajstić information content (AvgIpc) is 2.29. The van der Waals surface area contributed by atoms with Crippen LogP contribution >= 0.6 is 27.7 Å². The van der Waals surface area contributed by atoms with E-state index in [9.17, 15) is 4.79 Å². The highest BCUT2D eigenvalue weighted by molar-refractivity contribution is 9.10. The second-order valence-corrected chi connectivity index (χ2v) is 5.37. The molecule has 1 rings (SSSR count). The van der Waals surface area contributed by atoms with Gasteiger partial charge in [-0.05, 0) is 17.7 Å². The number of amides is 1. The van der Waals surface area contributed by atoms with Crippen molar-refractivity contribution in [3.8, 4) is 0 Å². The molecule has 0 unspecified atom stereocenters. The van der Waals surface area contributed by atoms with Crippen LogP contribution in [-0.2, 0) is 15.3 Å². The molecule has 0 saturated heterocycles. The molecule has 1 aromatic carbocycles. The molecule has 0 aliphatic carbocycles. The lowest BCUT2D eigenvalue weighted by Gasteiger charge is -2.04. The number of carbonyl (C=O) groups excluding carboxylic acids is 1. The lowest BCUT2D eigenvalue weighted by Crippen LogP contribution is -2.28. The van der Waals surface area contributed by atoms with Crippen LogP contribution in [-0.4, -0.2) is 31.9 Å². The molecule has 0 spiro atoms. The molecule has 3 nitrogen and oxygen atoms in total. The van der Waals surface area contributed by atoms with Gasteiger partial charge in [-0.1, -0.05) is 28.1 Å². The van der Waals surface area contributed by atoms with Crippen LogP contribution in [0.2, 0.25) is 0 Å². The molecule has 1 amide bonds. The fourth-order valence-corrected chi connectivity index (χ4v) is 2.48. The number of thioether (sulfide) groups is 1. The van der Waals surface area contributed by atoms with E-state index in [2.05, 4.69) is 33.4 Å². The molecule has 0 heterocycles. The van der Waals surface area contributed by atoms with Gasteiger partial charge in [-0.25, -0.2) is 0 Å². The van der Waals surface area contributed by atoms with E-state index in [0.717, 1.165) is 10.2 Å². The van der Waals surface area contributed by atoms with Crippen molar-refractivity contribution >= 4 is 33.6 Å². The number of methoxy groups -OCH3 is 1. The zero-order valence-electron chi connectivity index (χ0n) is 9.74. The number of hydrogen-bond acceptors (Lipinski definition) is 3. The summed E-state index contributed by atoms with van der Waals surface area (Å²) in [6.45, 7) is 1.13. The SMILES string of the molecule is COCCNC(=O)CSCc1cccc(Br)c1. The molecule has 0 fully saturated rings. The first-order valence-corrected chi connectivity index (χ1v) is 7.25. The number of rotatable bonds is 7. The molecule has 1 N–H and O–H groups in total. The molecule has 0 bridgehead atoms. The van der Waals surface area contributed by atoms with Crippen molar-refractivity contribution in [2.45, 2.75) is 5.75 Å². The molecule has 17 heavy (non-hydrogen) atoms.